The molecule has 4 nitrogen and oxygen atoms in total. The van der Waals surface area contributed by atoms with Gasteiger partial charge in [-0.05, 0) is 36.4 Å². The van der Waals surface area contributed by atoms with Crippen LogP contribution in [-0.4, -0.2) is 22.9 Å². The number of hydrogen-bond donors (Lipinski definition) is 0. The zero-order valence-corrected chi connectivity index (χ0v) is 12.0. The third-order valence-corrected chi connectivity index (χ3v) is 3.36. The first-order chi connectivity index (χ1) is 10.2. The standard InChI is InChI=1S/C16H11ClN2O2/c1-21-11-8-6-10(7-9-11)15(20)14-16(17)19-13-5-3-2-4-12(13)18-14/h2-9H,1H3. The van der Waals surface area contributed by atoms with E-state index in [1.54, 1.807) is 43.5 Å². The lowest BCUT2D eigenvalue weighted by atomic mass is 10.1. The number of aromatic nitrogens is 2. The normalized spacial score (nSPS) is 10.6. The molecule has 0 aliphatic heterocycles. The Morgan fingerprint density at radius 3 is 2.24 bits per heavy atom. The molecule has 5 heteroatoms. The van der Waals surface area contributed by atoms with Crippen LogP contribution in [0.2, 0.25) is 5.15 Å². The minimum atomic E-state index is -0.263. The van der Waals surface area contributed by atoms with Gasteiger partial charge in [0, 0.05) is 5.56 Å². The molecule has 0 saturated carbocycles. The molecule has 0 aliphatic carbocycles. The van der Waals surface area contributed by atoms with Crippen LogP contribution in [0.3, 0.4) is 0 Å². The predicted molar refractivity (Wildman–Crippen MR) is 81.0 cm³/mol. The summed E-state index contributed by atoms with van der Waals surface area (Å²) in [5.74, 6) is 0.420. The van der Waals surface area contributed by atoms with Crippen molar-refractivity contribution < 1.29 is 9.53 Å². The first-order valence-corrected chi connectivity index (χ1v) is 6.68. The SMILES string of the molecule is COc1ccc(C(=O)c2nc3ccccc3nc2Cl)cc1. The van der Waals surface area contributed by atoms with E-state index in [2.05, 4.69) is 9.97 Å². The number of para-hydroxylation sites is 2. The molecule has 0 fully saturated rings. The van der Waals surface area contributed by atoms with Gasteiger partial charge in [-0.15, -0.1) is 0 Å². The second-order valence-corrected chi connectivity index (χ2v) is 4.77. The molecule has 104 valence electrons. The molecule has 2 aromatic carbocycles. The van der Waals surface area contributed by atoms with Crippen LogP contribution in [0.4, 0.5) is 0 Å². The number of rotatable bonds is 3. The molecule has 1 aromatic heterocycles. The van der Waals surface area contributed by atoms with Gasteiger partial charge >= 0.3 is 0 Å². The fraction of sp³-hybridized carbons (Fsp3) is 0.0625. The summed E-state index contributed by atoms with van der Waals surface area (Å²) in [5.41, 5.74) is 1.94. The van der Waals surface area contributed by atoms with Crippen molar-refractivity contribution in [2.75, 3.05) is 7.11 Å². The van der Waals surface area contributed by atoms with E-state index in [4.69, 9.17) is 16.3 Å². The Kier molecular flexibility index (Phi) is 3.54. The molecule has 0 bridgehead atoms. The predicted octanol–water partition coefficient (Wildman–Crippen LogP) is 3.52. The first kappa shape index (κ1) is 13.5. The van der Waals surface area contributed by atoms with Crippen LogP contribution in [0.15, 0.2) is 48.5 Å². The number of carbonyl (C=O) groups is 1. The summed E-state index contributed by atoms with van der Waals surface area (Å²) in [6.45, 7) is 0. The third kappa shape index (κ3) is 2.58. The molecule has 21 heavy (non-hydrogen) atoms. The molecular weight excluding hydrogens is 288 g/mol. The van der Waals surface area contributed by atoms with Crippen molar-refractivity contribution in [1.29, 1.82) is 0 Å². The lowest BCUT2D eigenvalue weighted by molar-refractivity contribution is 0.103. The number of methoxy groups -OCH3 is 1. The van der Waals surface area contributed by atoms with Crippen molar-refractivity contribution >= 4 is 28.4 Å². The van der Waals surface area contributed by atoms with Gasteiger partial charge in [-0.2, -0.15) is 0 Å². The highest BCUT2D eigenvalue weighted by atomic mass is 35.5. The maximum Gasteiger partial charge on any atom is 0.214 e. The van der Waals surface area contributed by atoms with Crippen LogP contribution in [0.5, 0.6) is 5.75 Å². The van der Waals surface area contributed by atoms with E-state index < -0.39 is 0 Å². The van der Waals surface area contributed by atoms with Crippen LogP contribution in [0, 0.1) is 0 Å². The van der Waals surface area contributed by atoms with Crippen LogP contribution >= 0.6 is 11.6 Å². The van der Waals surface area contributed by atoms with E-state index in [-0.39, 0.29) is 16.6 Å². The number of ether oxygens (including phenoxy) is 1. The summed E-state index contributed by atoms with van der Waals surface area (Å²) in [4.78, 5) is 21.0. The van der Waals surface area contributed by atoms with E-state index in [0.717, 1.165) is 0 Å². The molecular formula is C16H11ClN2O2. The number of benzene rings is 2. The van der Waals surface area contributed by atoms with Gasteiger partial charge in [0.1, 0.15) is 11.4 Å². The van der Waals surface area contributed by atoms with Gasteiger partial charge in [0.2, 0.25) is 5.78 Å². The van der Waals surface area contributed by atoms with E-state index in [1.807, 2.05) is 12.1 Å². The van der Waals surface area contributed by atoms with Crippen molar-refractivity contribution in [2.45, 2.75) is 0 Å². The van der Waals surface area contributed by atoms with Crippen LogP contribution in [0.1, 0.15) is 16.1 Å². The van der Waals surface area contributed by atoms with E-state index >= 15 is 0 Å². The van der Waals surface area contributed by atoms with E-state index in [1.165, 1.54) is 0 Å². The van der Waals surface area contributed by atoms with Gasteiger partial charge in [0.15, 0.2) is 5.15 Å². The van der Waals surface area contributed by atoms with Crippen LogP contribution in [0.25, 0.3) is 11.0 Å². The Morgan fingerprint density at radius 1 is 1.00 bits per heavy atom. The van der Waals surface area contributed by atoms with Gasteiger partial charge in [-0.25, -0.2) is 9.97 Å². The van der Waals surface area contributed by atoms with Crippen molar-refractivity contribution in [1.82, 2.24) is 9.97 Å². The summed E-state index contributed by atoms with van der Waals surface area (Å²) >= 11 is 6.09. The fourth-order valence-corrected chi connectivity index (χ4v) is 2.22. The molecule has 0 unspecified atom stereocenters. The second-order valence-electron chi connectivity index (χ2n) is 4.41. The van der Waals surface area contributed by atoms with Gasteiger partial charge in [-0.1, -0.05) is 23.7 Å². The highest BCUT2D eigenvalue weighted by Gasteiger charge is 2.17. The molecule has 3 aromatic rings. The lowest BCUT2D eigenvalue weighted by Gasteiger charge is -2.05. The van der Waals surface area contributed by atoms with Crippen molar-refractivity contribution in [3.63, 3.8) is 0 Å². The smallest absolute Gasteiger partial charge is 0.214 e. The summed E-state index contributed by atoms with van der Waals surface area (Å²) in [6, 6.07) is 14.1. The lowest BCUT2D eigenvalue weighted by Crippen LogP contribution is -2.06. The number of nitrogens with zero attached hydrogens (tertiary/aromatic N) is 2. The topological polar surface area (TPSA) is 52.1 Å². The van der Waals surface area contributed by atoms with E-state index in [0.29, 0.717) is 22.3 Å². The molecule has 0 aliphatic rings. The van der Waals surface area contributed by atoms with E-state index in [9.17, 15) is 4.79 Å². The van der Waals surface area contributed by atoms with Gasteiger partial charge in [0.25, 0.3) is 0 Å². The minimum Gasteiger partial charge on any atom is -0.497 e. The molecule has 0 amide bonds. The quantitative estimate of drug-likeness (QED) is 0.694. The van der Waals surface area contributed by atoms with Gasteiger partial charge < -0.3 is 4.74 Å². The maximum atomic E-state index is 12.5. The molecule has 0 spiro atoms. The summed E-state index contributed by atoms with van der Waals surface area (Å²) in [6.07, 6.45) is 0. The Morgan fingerprint density at radius 2 is 1.62 bits per heavy atom. The molecule has 0 radical (unpaired) electrons. The Bertz CT molecular complexity index is 816. The van der Waals surface area contributed by atoms with Crippen molar-refractivity contribution in [2.24, 2.45) is 0 Å². The molecule has 1 heterocycles. The molecule has 0 atom stereocenters. The largest absolute Gasteiger partial charge is 0.497 e. The summed E-state index contributed by atoms with van der Waals surface area (Å²) < 4.78 is 5.07. The van der Waals surface area contributed by atoms with Gasteiger partial charge in [-0.3, -0.25) is 4.79 Å². The van der Waals surface area contributed by atoms with Crippen LogP contribution in [-0.2, 0) is 0 Å². The number of carbonyl (C=O) groups excluding carboxylic acids is 1. The van der Waals surface area contributed by atoms with Crippen molar-refractivity contribution in [3.05, 3.63) is 64.9 Å². The molecule has 3 rings (SSSR count). The highest BCUT2D eigenvalue weighted by Crippen LogP contribution is 2.21. The Balaban J connectivity index is 2.05. The number of ketones is 1. The minimum absolute atomic E-state index is 0.106. The Hall–Kier alpha value is -2.46. The molecule has 0 saturated heterocycles. The molecule has 0 N–H and O–H groups in total. The zero-order valence-electron chi connectivity index (χ0n) is 11.2. The maximum absolute atomic E-state index is 12.5. The van der Waals surface area contributed by atoms with Gasteiger partial charge in [0.05, 0.1) is 18.1 Å². The number of halogens is 1. The average Bonchev–Trinajstić information content (AvgIpc) is 2.53. The van der Waals surface area contributed by atoms with Crippen LogP contribution < -0.4 is 4.74 Å². The fourth-order valence-electron chi connectivity index (χ4n) is 2.00. The summed E-state index contributed by atoms with van der Waals surface area (Å²) in [7, 11) is 1.57. The summed E-state index contributed by atoms with van der Waals surface area (Å²) in [5, 5.41) is 0.106. The highest BCUT2D eigenvalue weighted by molar-refractivity contribution is 6.33. The second kappa shape index (κ2) is 5.50. The van der Waals surface area contributed by atoms with Crippen molar-refractivity contribution in [3.8, 4) is 5.75 Å². The zero-order chi connectivity index (χ0) is 14.8. The number of fused-ring (bicyclic) bond motifs is 1. The Labute approximate surface area is 126 Å². The average molecular weight is 299 g/mol. The number of hydrogen-bond acceptors (Lipinski definition) is 4. The monoisotopic (exact) mass is 298 g/mol. The third-order valence-electron chi connectivity index (χ3n) is 3.10. The first-order valence-electron chi connectivity index (χ1n) is 6.30.